The van der Waals surface area contributed by atoms with E-state index in [4.69, 9.17) is 4.74 Å². The van der Waals surface area contributed by atoms with Gasteiger partial charge in [-0.3, -0.25) is 10.00 Å². The lowest BCUT2D eigenvalue weighted by Gasteiger charge is -2.57. The van der Waals surface area contributed by atoms with E-state index in [1.807, 2.05) is 30.5 Å². The molecule has 0 radical (unpaired) electrons. The lowest BCUT2D eigenvalue weighted by Crippen LogP contribution is -2.63. The molecule has 27 heavy (non-hydrogen) atoms. The highest BCUT2D eigenvalue weighted by Crippen LogP contribution is 2.58. The van der Waals surface area contributed by atoms with E-state index in [9.17, 15) is 4.79 Å². The molecule has 0 amide bonds. The van der Waals surface area contributed by atoms with Crippen molar-refractivity contribution in [1.82, 2.24) is 20.1 Å². The van der Waals surface area contributed by atoms with Crippen LogP contribution in [0.3, 0.4) is 0 Å². The number of esters is 1. The fourth-order valence-electron chi connectivity index (χ4n) is 5.16. The minimum Gasteiger partial charge on any atom is -0.456 e. The van der Waals surface area contributed by atoms with Gasteiger partial charge in [0.1, 0.15) is 11.1 Å². The van der Waals surface area contributed by atoms with Crippen LogP contribution < -0.4 is 0 Å². The quantitative estimate of drug-likeness (QED) is 0.705. The Balaban J connectivity index is 1.30. The van der Waals surface area contributed by atoms with E-state index in [-0.39, 0.29) is 12.1 Å². The number of benzene rings is 1. The average molecular weight is 380 g/mol. The molecule has 1 N–H and O–H groups in total. The third-order valence-corrected chi connectivity index (χ3v) is 7.76. The molecule has 3 atom stereocenters. The number of thiazole rings is 1. The molecule has 138 valence electrons. The van der Waals surface area contributed by atoms with Crippen molar-refractivity contribution in [3.05, 3.63) is 35.0 Å². The van der Waals surface area contributed by atoms with Crippen molar-refractivity contribution >= 4 is 28.2 Å². The minimum atomic E-state index is -0.316. The Morgan fingerprint density at radius 3 is 3.00 bits per heavy atom. The number of aryl methyl sites for hydroxylation is 1. The molecule has 1 spiro atoms. The Kier molecular flexibility index (Phi) is 3.15. The lowest BCUT2D eigenvalue weighted by atomic mass is 9.61. The van der Waals surface area contributed by atoms with Gasteiger partial charge in [-0.2, -0.15) is 5.10 Å². The zero-order chi connectivity index (χ0) is 18.2. The normalized spacial score (nSPS) is 29.1. The van der Waals surface area contributed by atoms with Gasteiger partial charge in [-0.25, -0.2) is 9.78 Å². The number of nitrogens with one attached hydrogen (secondary N) is 1. The van der Waals surface area contributed by atoms with Gasteiger partial charge in [0.25, 0.3) is 0 Å². The maximum atomic E-state index is 12.9. The molecule has 3 aromatic rings. The molecular formula is C20H20N4O2S. The summed E-state index contributed by atoms with van der Waals surface area (Å²) in [7, 11) is 0. The zero-order valence-electron chi connectivity index (χ0n) is 15.1. The number of aromatic amines is 1. The number of rotatable bonds is 3. The van der Waals surface area contributed by atoms with Crippen molar-refractivity contribution in [2.45, 2.75) is 37.8 Å². The van der Waals surface area contributed by atoms with Crippen LogP contribution in [0, 0.1) is 12.8 Å². The molecule has 6 rings (SSSR count). The van der Waals surface area contributed by atoms with E-state index in [0.717, 1.165) is 40.3 Å². The van der Waals surface area contributed by atoms with Crippen LogP contribution in [0.15, 0.2) is 23.6 Å². The van der Waals surface area contributed by atoms with E-state index >= 15 is 0 Å². The summed E-state index contributed by atoms with van der Waals surface area (Å²) in [6, 6.07) is 5.95. The first-order valence-corrected chi connectivity index (χ1v) is 10.4. The first kappa shape index (κ1) is 15.8. The standard InChI is InChI=1S/C20H20N4O2S/c1-11-10-27-18(21-11)12-2-3-15-13(8-12)17(23-22-15)19(25)26-16-9-24-7-6-20(24)5-4-14(16)20/h2-3,8,10,14,16H,4-7,9H2,1H3,(H,22,23). The summed E-state index contributed by atoms with van der Waals surface area (Å²) < 4.78 is 5.95. The molecule has 3 unspecified atom stereocenters. The largest absolute Gasteiger partial charge is 0.456 e. The van der Waals surface area contributed by atoms with Crippen molar-refractivity contribution in [2.24, 2.45) is 5.92 Å². The topological polar surface area (TPSA) is 71.1 Å². The first-order chi connectivity index (χ1) is 13.1. The molecule has 3 fully saturated rings. The Morgan fingerprint density at radius 2 is 2.33 bits per heavy atom. The second-order valence-corrected chi connectivity index (χ2v) is 8.87. The number of hydrogen-bond donors (Lipinski definition) is 1. The number of nitrogens with zero attached hydrogens (tertiary/aromatic N) is 3. The molecule has 0 bridgehead atoms. The summed E-state index contributed by atoms with van der Waals surface area (Å²) in [6.45, 7) is 4.01. The van der Waals surface area contributed by atoms with E-state index in [1.54, 1.807) is 11.3 Å². The molecule has 7 heteroatoms. The van der Waals surface area contributed by atoms with Crippen LogP contribution in [0.5, 0.6) is 0 Å². The number of fused-ring (bicyclic) bond motifs is 1. The van der Waals surface area contributed by atoms with E-state index in [2.05, 4.69) is 20.1 Å². The molecule has 2 saturated heterocycles. The van der Waals surface area contributed by atoms with Crippen molar-refractivity contribution in [3.8, 4) is 10.6 Å². The van der Waals surface area contributed by atoms with Crippen LogP contribution in [0.1, 0.15) is 35.4 Å². The summed E-state index contributed by atoms with van der Waals surface area (Å²) in [5.74, 6) is 0.192. The Labute approximate surface area is 160 Å². The highest BCUT2D eigenvalue weighted by Gasteiger charge is 2.64. The molecule has 2 aliphatic heterocycles. The molecule has 1 aromatic carbocycles. The number of H-pyrrole nitrogens is 1. The number of ether oxygens (including phenoxy) is 1. The smallest absolute Gasteiger partial charge is 0.359 e. The fourth-order valence-corrected chi connectivity index (χ4v) is 5.95. The van der Waals surface area contributed by atoms with Crippen molar-refractivity contribution in [1.29, 1.82) is 0 Å². The molecular weight excluding hydrogens is 360 g/mol. The van der Waals surface area contributed by atoms with Gasteiger partial charge in [0, 0.05) is 46.6 Å². The van der Waals surface area contributed by atoms with E-state index < -0.39 is 0 Å². The van der Waals surface area contributed by atoms with Gasteiger partial charge in [0.2, 0.25) is 0 Å². The molecule has 6 nitrogen and oxygen atoms in total. The number of carbonyl (C=O) groups is 1. The SMILES string of the molecule is Cc1csc(-c2ccc3[nH]nc(C(=O)OC4CN5CCC56CCC46)c3c2)n1. The van der Waals surface area contributed by atoms with Gasteiger partial charge >= 0.3 is 5.97 Å². The van der Waals surface area contributed by atoms with Gasteiger partial charge in [-0.1, -0.05) is 0 Å². The van der Waals surface area contributed by atoms with Crippen molar-refractivity contribution in [2.75, 3.05) is 13.1 Å². The second kappa shape index (κ2) is 5.39. The van der Waals surface area contributed by atoms with Crippen LogP contribution in [0.4, 0.5) is 0 Å². The third kappa shape index (κ3) is 2.12. The first-order valence-electron chi connectivity index (χ1n) is 9.51. The van der Waals surface area contributed by atoms with Gasteiger partial charge in [-0.05, 0) is 44.4 Å². The Bertz CT molecular complexity index is 1070. The molecule has 2 aromatic heterocycles. The summed E-state index contributed by atoms with van der Waals surface area (Å²) in [5, 5.41) is 11.0. The van der Waals surface area contributed by atoms with Gasteiger partial charge < -0.3 is 4.74 Å². The van der Waals surface area contributed by atoms with E-state index in [0.29, 0.717) is 17.2 Å². The fraction of sp³-hybridized carbons (Fsp3) is 0.450. The van der Waals surface area contributed by atoms with Gasteiger partial charge in [0.05, 0.1) is 5.52 Å². The number of carbonyl (C=O) groups excluding carboxylic acids is 1. The summed E-state index contributed by atoms with van der Waals surface area (Å²) in [4.78, 5) is 19.9. The van der Waals surface area contributed by atoms with Crippen LogP contribution in [-0.4, -0.2) is 50.8 Å². The van der Waals surface area contributed by atoms with Crippen LogP contribution in [0.25, 0.3) is 21.5 Å². The number of hydrogen-bond acceptors (Lipinski definition) is 6. The predicted octanol–water partition coefficient (Wildman–Crippen LogP) is 3.39. The maximum Gasteiger partial charge on any atom is 0.359 e. The summed E-state index contributed by atoms with van der Waals surface area (Å²) in [5.41, 5.74) is 3.58. The zero-order valence-corrected chi connectivity index (χ0v) is 15.9. The monoisotopic (exact) mass is 380 g/mol. The lowest BCUT2D eigenvalue weighted by molar-refractivity contribution is -0.0772. The van der Waals surface area contributed by atoms with E-state index in [1.165, 1.54) is 19.3 Å². The molecule has 3 aliphatic rings. The molecule has 4 heterocycles. The highest BCUT2D eigenvalue weighted by molar-refractivity contribution is 7.13. The van der Waals surface area contributed by atoms with Crippen molar-refractivity contribution in [3.63, 3.8) is 0 Å². The molecule has 1 aliphatic carbocycles. The molecule has 1 saturated carbocycles. The van der Waals surface area contributed by atoms with Crippen LogP contribution in [0.2, 0.25) is 0 Å². The van der Waals surface area contributed by atoms with Gasteiger partial charge in [-0.15, -0.1) is 11.3 Å². The second-order valence-electron chi connectivity index (χ2n) is 8.02. The maximum absolute atomic E-state index is 12.9. The Morgan fingerprint density at radius 1 is 1.41 bits per heavy atom. The summed E-state index contributed by atoms with van der Waals surface area (Å²) in [6.07, 6.45) is 3.69. The average Bonchev–Trinajstić information content (AvgIpc) is 3.25. The third-order valence-electron chi connectivity index (χ3n) is 6.75. The van der Waals surface area contributed by atoms with Crippen molar-refractivity contribution < 1.29 is 9.53 Å². The van der Waals surface area contributed by atoms with Gasteiger partial charge in [0.15, 0.2) is 5.69 Å². The highest BCUT2D eigenvalue weighted by atomic mass is 32.1. The van der Waals surface area contributed by atoms with Crippen LogP contribution in [-0.2, 0) is 4.74 Å². The minimum absolute atomic E-state index is 0.00490. The Hall–Kier alpha value is -2.25. The van der Waals surface area contributed by atoms with Crippen LogP contribution >= 0.6 is 11.3 Å². The predicted molar refractivity (Wildman–Crippen MR) is 103 cm³/mol. The summed E-state index contributed by atoms with van der Waals surface area (Å²) >= 11 is 1.61. The number of aromatic nitrogens is 3.